The summed E-state index contributed by atoms with van der Waals surface area (Å²) < 4.78 is 4.78. The maximum atomic E-state index is 11.5. The standard InChI is InChI=1S/C16H17ClN2O2/c1-21-11-16(20)19-15-7-3-6-14(9-15)18-10-12-4-2-5-13(17)8-12/h2-9,18H,10-11H2,1H3,(H,19,20). The Kier molecular flexibility index (Phi) is 5.60. The molecule has 0 radical (unpaired) electrons. The van der Waals surface area contributed by atoms with Crippen molar-refractivity contribution < 1.29 is 9.53 Å². The molecular weight excluding hydrogens is 288 g/mol. The molecule has 0 aromatic heterocycles. The van der Waals surface area contributed by atoms with Gasteiger partial charge < -0.3 is 15.4 Å². The van der Waals surface area contributed by atoms with Crippen LogP contribution in [0.2, 0.25) is 5.02 Å². The Balaban J connectivity index is 1.96. The quantitative estimate of drug-likeness (QED) is 0.858. The first-order valence-corrected chi connectivity index (χ1v) is 6.92. The molecule has 1 amide bonds. The minimum Gasteiger partial charge on any atom is -0.381 e. The summed E-state index contributed by atoms with van der Waals surface area (Å²) in [6.07, 6.45) is 0. The number of rotatable bonds is 6. The minimum absolute atomic E-state index is 0.0418. The summed E-state index contributed by atoms with van der Waals surface area (Å²) >= 11 is 5.95. The molecule has 0 saturated heterocycles. The number of ether oxygens (including phenoxy) is 1. The molecule has 110 valence electrons. The number of methoxy groups -OCH3 is 1. The molecule has 4 nitrogen and oxygen atoms in total. The van der Waals surface area contributed by atoms with E-state index in [1.165, 1.54) is 7.11 Å². The number of benzene rings is 2. The maximum Gasteiger partial charge on any atom is 0.250 e. The van der Waals surface area contributed by atoms with Crippen molar-refractivity contribution >= 4 is 28.9 Å². The zero-order chi connectivity index (χ0) is 15.1. The van der Waals surface area contributed by atoms with E-state index < -0.39 is 0 Å². The Hall–Kier alpha value is -2.04. The second kappa shape index (κ2) is 7.67. The van der Waals surface area contributed by atoms with Crippen molar-refractivity contribution in [1.29, 1.82) is 0 Å². The fraction of sp³-hybridized carbons (Fsp3) is 0.188. The maximum absolute atomic E-state index is 11.5. The van der Waals surface area contributed by atoms with Crippen LogP contribution in [0.25, 0.3) is 0 Å². The molecule has 0 aliphatic heterocycles. The number of carbonyl (C=O) groups is 1. The van der Waals surface area contributed by atoms with Crippen LogP contribution < -0.4 is 10.6 Å². The molecule has 0 bridgehead atoms. The van der Waals surface area contributed by atoms with Gasteiger partial charge in [-0.05, 0) is 35.9 Å². The molecule has 0 saturated carbocycles. The lowest BCUT2D eigenvalue weighted by Gasteiger charge is -2.10. The SMILES string of the molecule is COCC(=O)Nc1cccc(NCc2cccc(Cl)c2)c1. The first kappa shape index (κ1) is 15.4. The van der Waals surface area contributed by atoms with Crippen LogP contribution in [0.15, 0.2) is 48.5 Å². The number of amides is 1. The smallest absolute Gasteiger partial charge is 0.250 e. The van der Waals surface area contributed by atoms with E-state index in [1.807, 2.05) is 48.5 Å². The summed E-state index contributed by atoms with van der Waals surface area (Å²) in [6, 6.07) is 15.2. The van der Waals surface area contributed by atoms with Crippen LogP contribution in [0.3, 0.4) is 0 Å². The van der Waals surface area contributed by atoms with Crippen molar-refractivity contribution in [2.75, 3.05) is 24.4 Å². The predicted molar refractivity (Wildman–Crippen MR) is 85.7 cm³/mol. The molecule has 21 heavy (non-hydrogen) atoms. The summed E-state index contributed by atoms with van der Waals surface area (Å²) in [6.45, 7) is 0.705. The summed E-state index contributed by atoms with van der Waals surface area (Å²) in [7, 11) is 1.49. The van der Waals surface area contributed by atoms with Gasteiger partial charge in [-0.1, -0.05) is 29.8 Å². The molecule has 5 heteroatoms. The Morgan fingerprint density at radius 1 is 1.14 bits per heavy atom. The summed E-state index contributed by atoms with van der Waals surface area (Å²) in [5.74, 6) is -0.176. The number of hydrogen-bond donors (Lipinski definition) is 2. The summed E-state index contributed by atoms with van der Waals surface area (Å²) in [4.78, 5) is 11.5. The molecule has 0 fully saturated rings. The zero-order valence-electron chi connectivity index (χ0n) is 11.7. The average Bonchev–Trinajstić information content (AvgIpc) is 2.46. The van der Waals surface area contributed by atoms with Gasteiger partial charge in [-0.25, -0.2) is 0 Å². The average molecular weight is 305 g/mol. The number of nitrogens with one attached hydrogen (secondary N) is 2. The topological polar surface area (TPSA) is 50.4 Å². The predicted octanol–water partition coefficient (Wildman–Crippen LogP) is 3.54. The van der Waals surface area contributed by atoms with Crippen molar-refractivity contribution in [3.8, 4) is 0 Å². The van der Waals surface area contributed by atoms with Crippen molar-refractivity contribution in [2.24, 2.45) is 0 Å². The van der Waals surface area contributed by atoms with Crippen LogP contribution in [0.1, 0.15) is 5.56 Å². The van der Waals surface area contributed by atoms with E-state index in [4.69, 9.17) is 16.3 Å². The fourth-order valence-corrected chi connectivity index (χ4v) is 2.10. The van der Waals surface area contributed by atoms with E-state index in [0.29, 0.717) is 6.54 Å². The molecule has 0 aliphatic carbocycles. The highest BCUT2D eigenvalue weighted by Gasteiger charge is 2.02. The molecule has 0 aliphatic rings. The number of anilines is 2. The molecule has 2 aromatic carbocycles. The van der Waals surface area contributed by atoms with Crippen molar-refractivity contribution in [3.05, 3.63) is 59.1 Å². The summed E-state index contributed by atoms with van der Waals surface area (Å²) in [5, 5.41) is 6.78. The van der Waals surface area contributed by atoms with Crippen LogP contribution in [-0.4, -0.2) is 19.6 Å². The third-order valence-corrected chi connectivity index (χ3v) is 3.04. The lowest BCUT2D eigenvalue weighted by molar-refractivity contribution is -0.119. The van der Waals surface area contributed by atoms with Gasteiger partial charge in [0, 0.05) is 30.1 Å². The molecule has 2 N–H and O–H groups in total. The van der Waals surface area contributed by atoms with Crippen LogP contribution in [0, 0.1) is 0 Å². The van der Waals surface area contributed by atoms with Gasteiger partial charge >= 0.3 is 0 Å². The number of hydrogen-bond acceptors (Lipinski definition) is 3. The highest BCUT2D eigenvalue weighted by molar-refractivity contribution is 6.30. The Morgan fingerprint density at radius 2 is 1.90 bits per heavy atom. The van der Waals surface area contributed by atoms with Gasteiger partial charge in [0.15, 0.2) is 0 Å². The highest BCUT2D eigenvalue weighted by Crippen LogP contribution is 2.17. The van der Waals surface area contributed by atoms with Gasteiger partial charge in [0.05, 0.1) is 0 Å². The van der Waals surface area contributed by atoms with Gasteiger partial charge in [-0.2, -0.15) is 0 Å². The molecule has 0 atom stereocenters. The van der Waals surface area contributed by atoms with E-state index >= 15 is 0 Å². The van der Waals surface area contributed by atoms with Gasteiger partial charge in [0.2, 0.25) is 5.91 Å². The van der Waals surface area contributed by atoms with E-state index in [0.717, 1.165) is 22.0 Å². The second-order valence-corrected chi connectivity index (χ2v) is 4.98. The molecule has 2 rings (SSSR count). The monoisotopic (exact) mass is 304 g/mol. The Labute approximate surface area is 129 Å². The number of carbonyl (C=O) groups excluding carboxylic acids is 1. The minimum atomic E-state index is -0.176. The fourth-order valence-electron chi connectivity index (χ4n) is 1.89. The lowest BCUT2D eigenvalue weighted by Crippen LogP contribution is -2.17. The van der Waals surface area contributed by atoms with Gasteiger partial charge in [-0.15, -0.1) is 0 Å². The highest BCUT2D eigenvalue weighted by atomic mass is 35.5. The van der Waals surface area contributed by atoms with Gasteiger partial charge in [0.25, 0.3) is 0 Å². The third kappa shape index (κ3) is 5.10. The third-order valence-electron chi connectivity index (χ3n) is 2.81. The lowest BCUT2D eigenvalue weighted by atomic mass is 10.2. The van der Waals surface area contributed by atoms with Crippen molar-refractivity contribution in [2.45, 2.75) is 6.54 Å². The molecule has 0 heterocycles. The zero-order valence-corrected chi connectivity index (χ0v) is 12.5. The van der Waals surface area contributed by atoms with Gasteiger partial charge in [0.1, 0.15) is 6.61 Å². The van der Waals surface area contributed by atoms with E-state index in [2.05, 4.69) is 10.6 Å². The Morgan fingerprint density at radius 3 is 2.67 bits per heavy atom. The summed E-state index contributed by atoms with van der Waals surface area (Å²) in [5.41, 5.74) is 2.75. The molecule has 2 aromatic rings. The van der Waals surface area contributed by atoms with Crippen molar-refractivity contribution in [1.82, 2.24) is 0 Å². The van der Waals surface area contributed by atoms with Crippen LogP contribution >= 0.6 is 11.6 Å². The first-order valence-electron chi connectivity index (χ1n) is 6.54. The first-order chi connectivity index (χ1) is 10.2. The normalized spacial score (nSPS) is 10.2. The number of halogens is 1. The van der Waals surface area contributed by atoms with E-state index in [9.17, 15) is 4.79 Å². The second-order valence-electron chi connectivity index (χ2n) is 4.55. The molecule has 0 spiro atoms. The molecule has 0 unspecified atom stereocenters. The molecular formula is C16H17ClN2O2. The van der Waals surface area contributed by atoms with Crippen molar-refractivity contribution in [3.63, 3.8) is 0 Å². The van der Waals surface area contributed by atoms with E-state index in [1.54, 1.807) is 0 Å². The largest absolute Gasteiger partial charge is 0.381 e. The van der Waals surface area contributed by atoms with Gasteiger partial charge in [-0.3, -0.25) is 4.79 Å². The van der Waals surface area contributed by atoms with E-state index in [-0.39, 0.29) is 12.5 Å². The van der Waals surface area contributed by atoms with Crippen LogP contribution in [-0.2, 0) is 16.1 Å². The van der Waals surface area contributed by atoms with Crippen LogP contribution in [0.5, 0.6) is 0 Å². The van der Waals surface area contributed by atoms with Crippen LogP contribution in [0.4, 0.5) is 11.4 Å². The Bertz CT molecular complexity index is 617.